The van der Waals surface area contributed by atoms with Crippen LogP contribution in [-0.4, -0.2) is 10.5 Å². The van der Waals surface area contributed by atoms with Gasteiger partial charge in [-0.05, 0) is 50.2 Å². The van der Waals surface area contributed by atoms with Crippen molar-refractivity contribution in [2.24, 2.45) is 4.99 Å². The fraction of sp³-hybridized carbons (Fsp3) is 0.158. The van der Waals surface area contributed by atoms with Gasteiger partial charge in [-0.3, -0.25) is 4.79 Å². The Labute approximate surface area is 170 Å². The number of benzene rings is 2. The maximum atomic E-state index is 12.5. The third kappa shape index (κ3) is 3.89. The van der Waals surface area contributed by atoms with Gasteiger partial charge in [0.15, 0.2) is 4.80 Å². The van der Waals surface area contributed by atoms with Crippen molar-refractivity contribution >= 4 is 52.0 Å². The van der Waals surface area contributed by atoms with Gasteiger partial charge in [0, 0.05) is 27.6 Å². The first-order valence-electron chi connectivity index (χ1n) is 7.91. The number of carbonyl (C=O) groups is 1. The van der Waals surface area contributed by atoms with Crippen molar-refractivity contribution in [1.29, 1.82) is 0 Å². The summed E-state index contributed by atoms with van der Waals surface area (Å²) in [6.07, 6.45) is 0. The van der Waals surface area contributed by atoms with Crippen LogP contribution in [0.2, 0.25) is 15.1 Å². The number of carbonyl (C=O) groups excluding carboxylic acids is 1. The minimum Gasteiger partial charge on any atom is -0.316 e. The van der Waals surface area contributed by atoms with E-state index in [-0.39, 0.29) is 5.91 Å². The summed E-state index contributed by atoms with van der Waals surface area (Å²) in [5, 5.41) is 1.58. The summed E-state index contributed by atoms with van der Waals surface area (Å²) in [5.74, 6) is -0.300. The molecule has 0 atom stereocenters. The van der Waals surface area contributed by atoms with E-state index in [1.54, 1.807) is 30.3 Å². The lowest BCUT2D eigenvalue weighted by Gasteiger charge is -2.08. The molecule has 0 aliphatic heterocycles. The Morgan fingerprint density at radius 1 is 1.08 bits per heavy atom. The van der Waals surface area contributed by atoms with Crippen LogP contribution in [0.4, 0.5) is 0 Å². The second-order valence-electron chi connectivity index (χ2n) is 5.59. The van der Waals surface area contributed by atoms with Crippen molar-refractivity contribution in [1.82, 2.24) is 4.57 Å². The van der Waals surface area contributed by atoms with E-state index in [1.807, 2.05) is 30.5 Å². The molecule has 0 aliphatic carbocycles. The van der Waals surface area contributed by atoms with Gasteiger partial charge in [0.2, 0.25) is 0 Å². The molecule has 1 aromatic heterocycles. The molecule has 0 radical (unpaired) electrons. The normalized spacial score (nSPS) is 11.8. The molecule has 26 heavy (non-hydrogen) atoms. The second kappa shape index (κ2) is 7.97. The number of nitrogens with zero attached hydrogens (tertiary/aromatic N) is 2. The average Bonchev–Trinajstić information content (AvgIpc) is 2.93. The van der Waals surface area contributed by atoms with Gasteiger partial charge in [0.25, 0.3) is 5.91 Å². The summed E-state index contributed by atoms with van der Waals surface area (Å²) >= 11 is 19.5. The number of hydrogen-bond donors (Lipinski definition) is 0. The zero-order valence-electron chi connectivity index (χ0n) is 14.1. The van der Waals surface area contributed by atoms with Crippen molar-refractivity contribution in [2.45, 2.75) is 20.4 Å². The van der Waals surface area contributed by atoms with E-state index < -0.39 is 0 Å². The summed E-state index contributed by atoms with van der Waals surface area (Å²) < 4.78 is 2.01. The SMILES string of the molecule is CCn1c(-c2ccc(Cl)c(Cl)c2)c(C)sc1=NC(=O)c1ccc(Cl)cc1. The number of aromatic nitrogens is 1. The molecular formula is C19H15Cl3N2OS. The van der Waals surface area contributed by atoms with Gasteiger partial charge in [-0.1, -0.05) is 40.9 Å². The number of aryl methyl sites for hydroxylation is 1. The largest absolute Gasteiger partial charge is 0.316 e. The molecule has 2 aromatic carbocycles. The van der Waals surface area contributed by atoms with Crippen molar-refractivity contribution in [2.75, 3.05) is 0 Å². The van der Waals surface area contributed by atoms with Crippen molar-refractivity contribution in [3.63, 3.8) is 0 Å². The minimum absolute atomic E-state index is 0.300. The molecule has 0 N–H and O–H groups in total. The monoisotopic (exact) mass is 424 g/mol. The number of rotatable bonds is 3. The fourth-order valence-corrected chi connectivity index (χ4v) is 4.13. The molecule has 3 rings (SSSR count). The molecular weight excluding hydrogens is 411 g/mol. The highest BCUT2D eigenvalue weighted by atomic mass is 35.5. The van der Waals surface area contributed by atoms with Crippen molar-refractivity contribution in [3.8, 4) is 11.3 Å². The molecule has 0 saturated heterocycles. The highest BCUT2D eigenvalue weighted by Gasteiger charge is 2.14. The van der Waals surface area contributed by atoms with Crippen molar-refractivity contribution in [3.05, 3.63) is 72.8 Å². The van der Waals surface area contributed by atoms with Gasteiger partial charge in [-0.25, -0.2) is 0 Å². The Kier molecular flexibility index (Phi) is 5.88. The Morgan fingerprint density at radius 3 is 2.38 bits per heavy atom. The molecule has 0 aliphatic rings. The van der Waals surface area contributed by atoms with E-state index in [2.05, 4.69) is 4.99 Å². The lowest BCUT2D eigenvalue weighted by molar-refractivity contribution is 0.0998. The summed E-state index contributed by atoms with van der Waals surface area (Å²) in [5.41, 5.74) is 2.42. The van der Waals surface area contributed by atoms with E-state index in [0.717, 1.165) is 16.1 Å². The summed E-state index contributed by atoms with van der Waals surface area (Å²) in [6, 6.07) is 12.2. The van der Waals surface area contributed by atoms with Gasteiger partial charge in [-0.15, -0.1) is 11.3 Å². The molecule has 0 fully saturated rings. The molecule has 3 aromatic rings. The average molecular weight is 426 g/mol. The van der Waals surface area contributed by atoms with Crippen LogP contribution in [0, 0.1) is 6.92 Å². The Hall–Kier alpha value is -1.59. The third-order valence-electron chi connectivity index (χ3n) is 3.88. The summed E-state index contributed by atoms with van der Waals surface area (Å²) in [7, 11) is 0. The zero-order valence-corrected chi connectivity index (χ0v) is 17.2. The predicted molar refractivity (Wildman–Crippen MR) is 110 cm³/mol. The van der Waals surface area contributed by atoms with E-state index in [1.165, 1.54) is 11.3 Å². The lowest BCUT2D eigenvalue weighted by Crippen LogP contribution is -2.17. The number of amides is 1. The van der Waals surface area contributed by atoms with E-state index in [9.17, 15) is 4.79 Å². The van der Waals surface area contributed by atoms with Crippen molar-refractivity contribution < 1.29 is 4.79 Å². The number of thiazole rings is 1. The van der Waals surface area contributed by atoms with Gasteiger partial charge in [0.05, 0.1) is 15.7 Å². The van der Waals surface area contributed by atoms with E-state index in [0.29, 0.717) is 32.0 Å². The van der Waals surface area contributed by atoms with Crippen LogP contribution in [0.5, 0.6) is 0 Å². The van der Waals surface area contributed by atoms with E-state index >= 15 is 0 Å². The first-order chi connectivity index (χ1) is 12.4. The van der Waals surface area contributed by atoms with Gasteiger partial charge >= 0.3 is 0 Å². The van der Waals surface area contributed by atoms with Gasteiger partial charge < -0.3 is 4.57 Å². The second-order valence-corrected chi connectivity index (χ2v) is 8.02. The Balaban J connectivity index is 2.10. The molecule has 1 amide bonds. The molecule has 0 saturated carbocycles. The molecule has 0 unspecified atom stereocenters. The van der Waals surface area contributed by atoms with Gasteiger partial charge in [0.1, 0.15) is 0 Å². The highest BCUT2D eigenvalue weighted by Crippen LogP contribution is 2.31. The molecule has 0 bridgehead atoms. The highest BCUT2D eigenvalue weighted by molar-refractivity contribution is 7.09. The molecule has 7 heteroatoms. The van der Waals surface area contributed by atoms with Crippen LogP contribution in [-0.2, 0) is 6.54 Å². The molecule has 1 heterocycles. The fourth-order valence-electron chi connectivity index (χ4n) is 2.65. The first kappa shape index (κ1) is 19.2. The molecule has 134 valence electrons. The van der Waals surface area contributed by atoms with Crippen LogP contribution in [0.1, 0.15) is 22.2 Å². The topological polar surface area (TPSA) is 34.4 Å². The number of hydrogen-bond acceptors (Lipinski definition) is 2. The van der Waals surface area contributed by atoms with E-state index in [4.69, 9.17) is 34.8 Å². The predicted octanol–water partition coefficient (Wildman–Crippen LogP) is 6.25. The maximum absolute atomic E-state index is 12.5. The Morgan fingerprint density at radius 2 is 1.77 bits per heavy atom. The van der Waals surface area contributed by atoms with Crippen LogP contribution < -0.4 is 4.80 Å². The smallest absolute Gasteiger partial charge is 0.279 e. The summed E-state index contributed by atoms with van der Waals surface area (Å²) in [6.45, 7) is 4.69. The van der Waals surface area contributed by atoms with Crippen LogP contribution in [0.3, 0.4) is 0 Å². The minimum atomic E-state index is -0.300. The third-order valence-corrected chi connectivity index (χ3v) is 5.86. The first-order valence-corrected chi connectivity index (χ1v) is 9.86. The van der Waals surface area contributed by atoms with Gasteiger partial charge in [-0.2, -0.15) is 4.99 Å². The zero-order chi connectivity index (χ0) is 18.8. The summed E-state index contributed by atoms with van der Waals surface area (Å²) in [4.78, 5) is 18.5. The van der Waals surface area contributed by atoms with Crippen LogP contribution >= 0.6 is 46.1 Å². The quantitative estimate of drug-likeness (QED) is 0.488. The number of halogens is 3. The maximum Gasteiger partial charge on any atom is 0.279 e. The molecule has 0 spiro atoms. The van der Waals surface area contributed by atoms with Crippen LogP contribution in [0.25, 0.3) is 11.3 Å². The standard InChI is InChI=1S/C19H15Cl3N2OS/c1-3-24-17(13-6-9-15(21)16(22)10-13)11(2)26-19(24)23-18(25)12-4-7-14(20)8-5-12/h4-10H,3H2,1-2H3. The lowest BCUT2D eigenvalue weighted by atomic mass is 10.1. The Bertz CT molecular complexity index is 1040. The molecule has 3 nitrogen and oxygen atoms in total. The van der Waals surface area contributed by atoms with Crippen LogP contribution in [0.15, 0.2) is 47.5 Å².